The summed E-state index contributed by atoms with van der Waals surface area (Å²) >= 11 is 7.23. The molecule has 1 saturated carbocycles. The van der Waals surface area contributed by atoms with E-state index in [1.54, 1.807) is 0 Å². The third-order valence-electron chi connectivity index (χ3n) is 4.89. The molecule has 1 N–H and O–H groups in total. The summed E-state index contributed by atoms with van der Waals surface area (Å²) in [5.74, 6) is -0.567. The fourth-order valence-corrected chi connectivity index (χ4v) is 4.82. The molecule has 1 aliphatic heterocycles. The highest BCUT2D eigenvalue weighted by atomic mass is 35.5. The molecule has 1 atom stereocenters. The molecule has 2 amide bonds. The summed E-state index contributed by atoms with van der Waals surface area (Å²) in [5.41, 5.74) is -0.783. The maximum Gasteiger partial charge on any atom is 0.416 e. The Morgan fingerprint density at radius 3 is 2.63 bits per heavy atom. The molecule has 1 aromatic heterocycles. The number of nitrogens with one attached hydrogen (secondary N) is 1. The van der Waals surface area contributed by atoms with Gasteiger partial charge in [-0.2, -0.15) is 13.2 Å². The number of fused-ring (bicyclic) bond motifs is 1. The third-order valence-corrected chi connectivity index (χ3v) is 6.54. The molecule has 0 bridgehead atoms. The Bertz CT molecular complexity index is 923. The van der Waals surface area contributed by atoms with E-state index in [-0.39, 0.29) is 21.8 Å². The number of amides is 2. The highest BCUT2D eigenvalue weighted by Gasteiger charge is 2.38. The maximum atomic E-state index is 13.0. The van der Waals surface area contributed by atoms with Crippen LogP contribution in [0.3, 0.4) is 0 Å². The lowest BCUT2D eigenvalue weighted by Gasteiger charge is -2.23. The van der Waals surface area contributed by atoms with Gasteiger partial charge in [-0.3, -0.25) is 9.59 Å². The van der Waals surface area contributed by atoms with E-state index in [1.165, 1.54) is 11.0 Å². The molecule has 2 fully saturated rings. The van der Waals surface area contributed by atoms with Crippen LogP contribution < -0.4 is 5.32 Å². The molecule has 1 unspecified atom stereocenters. The van der Waals surface area contributed by atoms with Crippen LogP contribution in [0, 0.1) is 0 Å². The standard InChI is InChI=1S/C18H16ClF3N2O2S/c19-14-11-6-3-9(18(20,21)22)8-13(11)27-15(14)17(26)24-7-1-2-12(24)16(25)23-10-4-5-10/h3,6,8,10,12H,1-2,4-5,7H2,(H,23,25). The van der Waals surface area contributed by atoms with Crippen LogP contribution >= 0.6 is 22.9 Å². The SMILES string of the molecule is O=C(NC1CC1)C1CCCN1C(=O)c1sc2cc(C(F)(F)F)ccc2c1Cl. The van der Waals surface area contributed by atoms with Gasteiger partial charge in [-0.25, -0.2) is 0 Å². The zero-order chi connectivity index (χ0) is 19.3. The molecule has 144 valence electrons. The molecule has 1 saturated heterocycles. The van der Waals surface area contributed by atoms with E-state index in [4.69, 9.17) is 11.6 Å². The van der Waals surface area contributed by atoms with Crippen molar-refractivity contribution in [2.75, 3.05) is 6.54 Å². The topological polar surface area (TPSA) is 49.4 Å². The predicted molar refractivity (Wildman–Crippen MR) is 97.1 cm³/mol. The van der Waals surface area contributed by atoms with Crippen LogP contribution in [0.5, 0.6) is 0 Å². The van der Waals surface area contributed by atoms with Crippen molar-refractivity contribution in [3.8, 4) is 0 Å². The van der Waals surface area contributed by atoms with Gasteiger partial charge in [0.25, 0.3) is 5.91 Å². The monoisotopic (exact) mass is 416 g/mol. The van der Waals surface area contributed by atoms with Gasteiger partial charge in [-0.05, 0) is 37.8 Å². The Labute approximate surface area is 162 Å². The van der Waals surface area contributed by atoms with Gasteiger partial charge in [0, 0.05) is 22.7 Å². The van der Waals surface area contributed by atoms with Crippen LogP contribution in [0.2, 0.25) is 5.02 Å². The summed E-state index contributed by atoms with van der Waals surface area (Å²) < 4.78 is 39.1. The molecule has 2 heterocycles. The molecule has 4 rings (SSSR count). The Balaban J connectivity index is 1.63. The number of thiophene rings is 1. The maximum absolute atomic E-state index is 13.0. The minimum atomic E-state index is -4.46. The molecule has 1 aromatic carbocycles. The first-order chi connectivity index (χ1) is 12.8. The minimum absolute atomic E-state index is 0.141. The zero-order valence-corrected chi connectivity index (χ0v) is 15.7. The van der Waals surface area contributed by atoms with Gasteiger partial charge < -0.3 is 10.2 Å². The third kappa shape index (κ3) is 3.52. The molecular weight excluding hydrogens is 401 g/mol. The van der Waals surface area contributed by atoms with Gasteiger partial charge in [-0.1, -0.05) is 17.7 Å². The normalized spacial score (nSPS) is 20.3. The first-order valence-corrected chi connectivity index (χ1v) is 9.86. The van der Waals surface area contributed by atoms with Crippen molar-refractivity contribution in [1.82, 2.24) is 10.2 Å². The first-order valence-electron chi connectivity index (χ1n) is 8.66. The number of nitrogens with zero attached hydrogens (tertiary/aromatic N) is 1. The second kappa shape index (κ2) is 6.67. The minimum Gasteiger partial charge on any atom is -0.352 e. The highest BCUT2D eigenvalue weighted by molar-refractivity contribution is 7.21. The molecule has 2 aromatic rings. The number of carbonyl (C=O) groups excluding carboxylic acids is 2. The van der Waals surface area contributed by atoms with E-state index in [0.717, 1.165) is 36.3 Å². The fourth-order valence-electron chi connectivity index (χ4n) is 3.32. The van der Waals surface area contributed by atoms with Crippen LogP contribution in [-0.4, -0.2) is 35.3 Å². The van der Waals surface area contributed by atoms with Gasteiger partial charge in [0.05, 0.1) is 10.6 Å². The first kappa shape index (κ1) is 18.6. The highest BCUT2D eigenvalue weighted by Crippen LogP contribution is 2.40. The summed E-state index contributed by atoms with van der Waals surface area (Å²) in [7, 11) is 0. The predicted octanol–water partition coefficient (Wildman–Crippen LogP) is 4.46. The summed E-state index contributed by atoms with van der Waals surface area (Å²) in [4.78, 5) is 27.0. The summed E-state index contributed by atoms with van der Waals surface area (Å²) in [6.07, 6.45) is -1.28. The fraction of sp³-hybridized carbons (Fsp3) is 0.444. The van der Waals surface area contributed by atoms with Crippen molar-refractivity contribution in [3.63, 3.8) is 0 Å². The van der Waals surface area contributed by atoms with Gasteiger partial charge in [0.15, 0.2) is 0 Å². The van der Waals surface area contributed by atoms with Crippen LogP contribution in [-0.2, 0) is 11.0 Å². The lowest BCUT2D eigenvalue weighted by atomic mass is 10.1. The molecule has 27 heavy (non-hydrogen) atoms. The van der Waals surface area contributed by atoms with Crippen LogP contribution in [0.4, 0.5) is 13.2 Å². The van der Waals surface area contributed by atoms with Crippen molar-refractivity contribution >= 4 is 44.8 Å². The van der Waals surface area contributed by atoms with E-state index < -0.39 is 23.7 Å². The molecule has 9 heteroatoms. The van der Waals surface area contributed by atoms with Gasteiger partial charge in [0.1, 0.15) is 10.9 Å². The number of carbonyl (C=O) groups is 2. The van der Waals surface area contributed by atoms with Crippen molar-refractivity contribution in [2.24, 2.45) is 0 Å². The van der Waals surface area contributed by atoms with Crippen LogP contribution in [0.1, 0.15) is 40.9 Å². The second-order valence-electron chi connectivity index (χ2n) is 6.89. The quantitative estimate of drug-likeness (QED) is 0.803. The van der Waals surface area contributed by atoms with Gasteiger partial charge in [-0.15, -0.1) is 11.3 Å². The largest absolute Gasteiger partial charge is 0.416 e. The van der Waals surface area contributed by atoms with E-state index in [9.17, 15) is 22.8 Å². The lowest BCUT2D eigenvalue weighted by Crippen LogP contribution is -2.46. The Hall–Kier alpha value is -1.80. The Morgan fingerprint density at radius 2 is 1.96 bits per heavy atom. The molecular formula is C18H16ClF3N2O2S. The molecule has 4 nitrogen and oxygen atoms in total. The van der Waals surface area contributed by atoms with E-state index in [2.05, 4.69) is 5.32 Å². The molecule has 2 aliphatic rings. The van der Waals surface area contributed by atoms with Crippen molar-refractivity contribution in [2.45, 2.75) is 43.9 Å². The number of rotatable bonds is 3. The zero-order valence-electron chi connectivity index (χ0n) is 14.1. The molecule has 1 aliphatic carbocycles. The van der Waals surface area contributed by atoms with Crippen molar-refractivity contribution in [3.05, 3.63) is 33.7 Å². The number of halogens is 4. The van der Waals surface area contributed by atoms with Crippen molar-refractivity contribution in [1.29, 1.82) is 0 Å². The van der Waals surface area contributed by atoms with E-state index in [1.807, 2.05) is 0 Å². The Kier molecular flexibility index (Phi) is 4.58. The van der Waals surface area contributed by atoms with Gasteiger partial charge in [0.2, 0.25) is 5.91 Å². The van der Waals surface area contributed by atoms with Gasteiger partial charge >= 0.3 is 6.18 Å². The lowest BCUT2D eigenvalue weighted by molar-refractivity contribution is -0.137. The number of hydrogen-bond donors (Lipinski definition) is 1. The second-order valence-corrected chi connectivity index (χ2v) is 8.32. The molecule has 0 radical (unpaired) electrons. The summed E-state index contributed by atoms with van der Waals surface area (Å²) in [6, 6.07) is 2.89. The number of alkyl halides is 3. The van der Waals surface area contributed by atoms with Crippen LogP contribution in [0.15, 0.2) is 18.2 Å². The van der Waals surface area contributed by atoms with Crippen LogP contribution in [0.25, 0.3) is 10.1 Å². The number of benzene rings is 1. The summed E-state index contributed by atoms with van der Waals surface area (Å²) in [5, 5.41) is 3.46. The molecule has 0 spiro atoms. The summed E-state index contributed by atoms with van der Waals surface area (Å²) in [6.45, 7) is 0.431. The number of hydrogen-bond acceptors (Lipinski definition) is 3. The van der Waals surface area contributed by atoms with E-state index >= 15 is 0 Å². The van der Waals surface area contributed by atoms with Crippen molar-refractivity contribution < 1.29 is 22.8 Å². The smallest absolute Gasteiger partial charge is 0.352 e. The number of likely N-dealkylation sites (tertiary alicyclic amines) is 1. The Morgan fingerprint density at radius 1 is 1.22 bits per heavy atom. The van der Waals surface area contributed by atoms with E-state index in [0.29, 0.717) is 29.5 Å². The average molecular weight is 417 g/mol. The average Bonchev–Trinajstić information content (AvgIpc) is 3.18.